The van der Waals surface area contributed by atoms with Gasteiger partial charge in [0.05, 0.1) is 18.2 Å². The number of nitrogens with zero attached hydrogens (tertiary/aromatic N) is 4. The molecule has 1 aromatic rings. The van der Waals surface area contributed by atoms with Crippen LogP contribution in [0.1, 0.15) is 70.9 Å². The number of hydrogen-bond donors (Lipinski definition) is 1. The van der Waals surface area contributed by atoms with Crippen molar-refractivity contribution in [2.24, 2.45) is 11.8 Å². The number of rotatable bonds is 7. The largest absolute Gasteiger partial charge is 0.444 e. The van der Waals surface area contributed by atoms with E-state index in [0.29, 0.717) is 31.2 Å². The average molecular weight is 552 g/mol. The van der Waals surface area contributed by atoms with Crippen LogP contribution in [-0.2, 0) is 14.3 Å². The monoisotopic (exact) mass is 551 g/mol. The molecular formula is C30H38FN5O4. The molecule has 10 heteroatoms. The summed E-state index contributed by atoms with van der Waals surface area (Å²) in [6.07, 6.45) is 4.74. The Morgan fingerprint density at radius 3 is 2.50 bits per heavy atom. The molecule has 7 atom stereocenters. The normalized spacial score (nSPS) is 30.9. The van der Waals surface area contributed by atoms with Crippen LogP contribution in [0.15, 0.2) is 24.3 Å². The quantitative estimate of drug-likeness (QED) is 0.557. The first-order valence-corrected chi connectivity index (χ1v) is 14.6. The van der Waals surface area contributed by atoms with E-state index < -0.39 is 23.8 Å². The molecular weight excluding hydrogens is 513 g/mol. The summed E-state index contributed by atoms with van der Waals surface area (Å²) < 4.78 is 19.1. The number of benzene rings is 1. The molecule has 3 aliphatic heterocycles. The number of piperazine rings is 1. The van der Waals surface area contributed by atoms with Crippen LogP contribution in [-0.4, -0.2) is 81.5 Å². The number of nitriles is 1. The zero-order valence-electron chi connectivity index (χ0n) is 23.4. The molecule has 3 heterocycles. The molecule has 2 aliphatic carbocycles. The fraction of sp³-hybridized carbons (Fsp3) is 0.667. The number of hydrogen-bond acceptors (Lipinski definition) is 6. The molecule has 3 saturated heterocycles. The van der Waals surface area contributed by atoms with Gasteiger partial charge in [0.2, 0.25) is 11.8 Å². The van der Waals surface area contributed by atoms with Crippen LogP contribution in [0.2, 0.25) is 0 Å². The molecule has 3 unspecified atom stereocenters. The molecule has 1 N–H and O–H groups in total. The highest BCUT2D eigenvalue weighted by atomic mass is 19.1. The lowest BCUT2D eigenvalue weighted by molar-refractivity contribution is -0.143. The summed E-state index contributed by atoms with van der Waals surface area (Å²) in [5.41, 5.74) is 0.232. The second-order valence-corrected chi connectivity index (χ2v) is 13.2. The van der Waals surface area contributed by atoms with E-state index in [-0.39, 0.29) is 48.3 Å². The highest BCUT2D eigenvalue weighted by Crippen LogP contribution is 2.49. The number of amides is 3. The lowest BCUT2D eigenvalue weighted by Crippen LogP contribution is -2.60. The van der Waals surface area contributed by atoms with Gasteiger partial charge >= 0.3 is 6.09 Å². The van der Waals surface area contributed by atoms with Gasteiger partial charge in [-0.25, -0.2) is 9.18 Å². The van der Waals surface area contributed by atoms with E-state index in [1.54, 1.807) is 37.8 Å². The Labute approximate surface area is 234 Å². The number of halogens is 1. The number of carbonyl (C=O) groups excluding carboxylic acids is 3. The van der Waals surface area contributed by atoms with Gasteiger partial charge in [-0.05, 0) is 82.4 Å². The van der Waals surface area contributed by atoms with E-state index in [2.05, 4.69) is 11.4 Å². The molecule has 3 amide bonds. The van der Waals surface area contributed by atoms with Gasteiger partial charge in [-0.2, -0.15) is 5.26 Å². The Kier molecular flexibility index (Phi) is 6.76. The highest BCUT2D eigenvalue weighted by molar-refractivity contribution is 5.89. The summed E-state index contributed by atoms with van der Waals surface area (Å²) in [7, 11) is 0. The first-order valence-electron chi connectivity index (χ1n) is 14.6. The van der Waals surface area contributed by atoms with Crippen molar-refractivity contribution in [3.05, 3.63) is 35.6 Å². The van der Waals surface area contributed by atoms with E-state index in [1.807, 2.05) is 9.80 Å². The Morgan fingerprint density at radius 2 is 1.90 bits per heavy atom. The minimum atomic E-state index is -0.926. The molecule has 5 fully saturated rings. The number of piperidine rings is 1. The third kappa shape index (κ3) is 4.93. The van der Waals surface area contributed by atoms with Gasteiger partial charge in [0.15, 0.2) is 0 Å². The summed E-state index contributed by atoms with van der Waals surface area (Å²) >= 11 is 0. The molecule has 2 bridgehead atoms. The van der Waals surface area contributed by atoms with Crippen molar-refractivity contribution >= 4 is 17.9 Å². The van der Waals surface area contributed by atoms with Crippen LogP contribution in [0.4, 0.5) is 9.18 Å². The SMILES string of the molecule is CC(C)(C)OC(=O)NC(CN1C[C@@H]2CC1C(=O)N2[C@H](c1ccc(F)cc1)C1CCC1)C(=O)N1C(C#N)C[C@@H]2C[C@@H]21. The summed E-state index contributed by atoms with van der Waals surface area (Å²) in [6, 6.07) is 6.90. The molecule has 40 heavy (non-hydrogen) atoms. The molecule has 214 valence electrons. The summed E-state index contributed by atoms with van der Waals surface area (Å²) in [6.45, 7) is 6.05. The predicted octanol–water partition coefficient (Wildman–Crippen LogP) is 3.36. The van der Waals surface area contributed by atoms with Crippen LogP contribution < -0.4 is 5.32 Å². The molecule has 2 saturated carbocycles. The van der Waals surface area contributed by atoms with Gasteiger partial charge in [-0.15, -0.1) is 0 Å². The topological polar surface area (TPSA) is 106 Å². The Morgan fingerprint density at radius 1 is 1.18 bits per heavy atom. The Balaban J connectivity index is 1.20. The maximum absolute atomic E-state index is 13.8. The molecule has 9 nitrogen and oxygen atoms in total. The van der Waals surface area contributed by atoms with Crippen LogP contribution in [0, 0.1) is 29.0 Å². The first kappa shape index (κ1) is 27.0. The van der Waals surface area contributed by atoms with Gasteiger partial charge in [0, 0.05) is 25.2 Å². The van der Waals surface area contributed by atoms with Crippen molar-refractivity contribution in [2.75, 3.05) is 13.1 Å². The van der Waals surface area contributed by atoms with Gasteiger partial charge in [0.1, 0.15) is 23.5 Å². The number of carbonyl (C=O) groups is 3. The number of ether oxygens (including phenoxy) is 1. The van der Waals surface area contributed by atoms with E-state index in [1.165, 1.54) is 12.1 Å². The maximum atomic E-state index is 13.8. The lowest BCUT2D eigenvalue weighted by atomic mass is 9.76. The van der Waals surface area contributed by atoms with Crippen molar-refractivity contribution in [2.45, 2.75) is 101 Å². The fourth-order valence-corrected chi connectivity index (χ4v) is 7.27. The Bertz CT molecular complexity index is 1220. The van der Waals surface area contributed by atoms with E-state index in [0.717, 1.165) is 31.2 Å². The van der Waals surface area contributed by atoms with Gasteiger partial charge in [0.25, 0.3) is 0 Å². The summed E-state index contributed by atoms with van der Waals surface area (Å²) in [5, 5.41) is 12.4. The number of likely N-dealkylation sites (tertiary alicyclic amines) is 3. The summed E-state index contributed by atoms with van der Waals surface area (Å²) in [4.78, 5) is 46.1. The highest BCUT2D eigenvalue weighted by Gasteiger charge is 2.57. The molecule has 0 aromatic heterocycles. The zero-order chi connectivity index (χ0) is 28.3. The standard InChI is InChI=1S/C30H38FN5O4/c1-30(2,3)40-29(39)33-23(27(37)35-21(14-32)11-19-12-24(19)35)16-34-15-22-13-25(34)28(38)36(22)26(17-5-4-6-17)18-7-9-20(31)10-8-18/h7-10,17,19,21-26H,4-6,11-13,15-16H2,1-3H3,(H,33,39)/t19-,21?,22+,23?,24+,25?,26+/m1/s1. The minimum absolute atomic E-state index is 0.0168. The van der Waals surface area contributed by atoms with Gasteiger partial charge in [-0.3, -0.25) is 14.5 Å². The summed E-state index contributed by atoms with van der Waals surface area (Å²) in [5.74, 6) is 0.157. The third-order valence-corrected chi connectivity index (χ3v) is 9.34. The third-order valence-electron chi connectivity index (χ3n) is 9.34. The van der Waals surface area contributed by atoms with E-state index >= 15 is 0 Å². The average Bonchev–Trinajstić information content (AvgIpc) is 3.18. The molecule has 0 radical (unpaired) electrons. The maximum Gasteiger partial charge on any atom is 0.408 e. The molecule has 1 aromatic carbocycles. The van der Waals surface area contributed by atoms with E-state index in [9.17, 15) is 24.0 Å². The van der Waals surface area contributed by atoms with Crippen LogP contribution in [0.5, 0.6) is 0 Å². The van der Waals surface area contributed by atoms with Crippen LogP contribution >= 0.6 is 0 Å². The zero-order valence-corrected chi connectivity index (χ0v) is 23.4. The fourth-order valence-electron chi connectivity index (χ4n) is 7.27. The van der Waals surface area contributed by atoms with Crippen molar-refractivity contribution in [3.8, 4) is 6.07 Å². The smallest absolute Gasteiger partial charge is 0.408 e. The number of nitrogens with one attached hydrogen (secondary N) is 1. The second kappa shape index (κ2) is 10.0. The number of fused-ring (bicyclic) bond motifs is 3. The molecule has 0 spiro atoms. The van der Waals surface area contributed by atoms with Crippen molar-refractivity contribution in [1.29, 1.82) is 5.26 Å². The van der Waals surface area contributed by atoms with Crippen molar-refractivity contribution < 1.29 is 23.5 Å². The van der Waals surface area contributed by atoms with Crippen LogP contribution in [0.25, 0.3) is 0 Å². The van der Waals surface area contributed by atoms with Gasteiger partial charge < -0.3 is 19.9 Å². The number of alkyl carbamates (subject to hydrolysis) is 1. The minimum Gasteiger partial charge on any atom is -0.444 e. The lowest BCUT2D eigenvalue weighted by Gasteiger charge is -2.45. The van der Waals surface area contributed by atoms with Crippen molar-refractivity contribution in [1.82, 2.24) is 20.0 Å². The van der Waals surface area contributed by atoms with Crippen LogP contribution in [0.3, 0.4) is 0 Å². The second-order valence-electron chi connectivity index (χ2n) is 13.2. The Hall–Kier alpha value is -3.19. The van der Waals surface area contributed by atoms with Crippen molar-refractivity contribution in [3.63, 3.8) is 0 Å². The van der Waals surface area contributed by atoms with Gasteiger partial charge in [-0.1, -0.05) is 18.6 Å². The first-order chi connectivity index (χ1) is 19.0. The molecule has 5 aliphatic rings. The predicted molar refractivity (Wildman–Crippen MR) is 143 cm³/mol. The molecule has 6 rings (SSSR count). The van der Waals surface area contributed by atoms with E-state index in [4.69, 9.17) is 4.74 Å².